The second-order valence-corrected chi connectivity index (χ2v) is 4.12. The molecule has 0 spiro atoms. The van der Waals surface area contributed by atoms with Gasteiger partial charge in [-0.15, -0.1) is 0 Å². The van der Waals surface area contributed by atoms with Crippen LogP contribution in [-0.2, 0) is 13.0 Å². The fourth-order valence-electron chi connectivity index (χ4n) is 1.92. The van der Waals surface area contributed by atoms with Crippen LogP contribution < -0.4 is 30.1 Å². The first-order valence-electron chi connectivity index (χ1n) is 6.09. The zero-order chi connectivity index (χ0) is 12.8. The van der Waals surface area contributed by atoms with Crippen LogP contribution in [0.5, 0.6) is 0 Å². The van der Waals surface area contributed by atoms with Crippen LogP contribution in [0.15, 0.2) is 48.5 Å². The molecule has 2 aromatic rings. The number of aryl methyl sites for hydroxylation is 1. The third-order valence-electron chi connectivity index (χ3n) is 2.97. The Balaban J connectivity index is 0. The van der Waals surface area contributed by atoms with Gasteiger partial charge >= 0.3 is 29.6 Å². The molecule has 0 atom stereocenters. The van der Waals surface area contributed by atoms with E-state index in [0.717, 1.165) is 18.7 Å². The number of nitrogens with one attached hydrogen (secondary N) is 1. The van der Waals surface area contributed by atoms with Gasteiger partial charge in [0.1, 0.15) is 0 Å². The molecule has 6 heteroatoms. The largest absolute Gasteiger partial charge is 4.00 e. The van der Waals surface area contributed by atoms with E-state index in [4.69, 9.17) is 5.39 Å². The number of rotatable bonds is 4. The Hall–Kier alpha value is -0.961. The molecule has 0 heterocycles. The van der Waals surface area contributed by atoms with E-state index in [9.17, 15) is 0 Å². The first-order chi connectivity index (χ1) is 8.83. The fourth-order valence-corrected chi connectivity index (χ4v) is 1.92. The second-order valence-electron chi connectivity index (χ2n) is 4.12. The van der Waals surface area contributed by atoms with E-state index < -0.39 is 0 Å². The summed E-state index contributed by atoms with van der Waals surface area (Å²) in [6.45, 7) is 2.97. The number of nitrogens with zero attached hydrogens (tertiary/aromatic N) is 2. The summed E-state index contributed by atoms with van der Waals surface area (Å²) < 4.78 is 0. The molecule has 0 bridgehead atoms. The molecule has 0 saturated heterocycles. The Morgan fingerprint density at radius 2 is 1.52 bits per heavy atom. The van der Waals surface area contributed by atoms with E-state index in [0.29, 0.717) is 5.69 Å². The van der Waals surface area contributed by atoms with Gasteiger partial charge in [0.05, 0.1) is 0 Å². The molecule has 3 nitrogen and oxygen atoms in total. The summed E-state index contributed by atoms with van der Waals surface area (Å²) in [7, 11) is 0. The normalized spacial score (nSPS) is 8.38. The van der Waals surface area contributed by atoms with Gasteiger partial charge in [0.25, 0.3) is 0 Å². The van der Waals surface area contributed by atoms with Gasteiger partial charge in [0.15, 0.2) is 4.98 Å². The molecule has 0 saturated carbocycles. The molecule has 0 amide bonds. The smallest absolute Gasteiger partial charge is 1.00 e. The van der Waals surface area contributed by atoms with Crippen molar-refractivity contribution in [3.05, 3.63) is 64.6 Å². The predicted molar refractivity (Wildman–Crippen MR) is 80.1 cm³/mol. The molecule has 2 rings (SSSR count). The van der Waals surface area contributed by atoms with Gasteiger partial charge in [0, 0.05) is 24.4 Å². The Kier molecular flexibility index (Phi) is 12.4. The molecule has 1 N–H and O–H groups in total. The van der Waals surface area contributed by atoms with E-state index in [1.165, 1.54) is 11.1 Å². The van der Waals surface area contributed by atoms with Gasteiger partial charge in [-0.3, -0.25) is 0 Å². The minimum atomic E-state index is 0. The molecule has 0 aliphatic heterocycles. The van der Waals surface area contributed by atoms with Crippen LogP contribution in [0.2, 0.25) is 0 Å². The van der Waals surface area contributed by atoms with Gasteiger partial charge in [-0.2, -0.15) is 0 Å². The first-order valence-corrected chi connectivity index (χ1v) is 6.09. The Labute approximate surface area is 154 Å². The summed E-state index contributed by atoms with van der Waals surface area (Å²) in [5.74, 6) is 0. The van der Waals surface area contributed by atoms with Gasteiger partial charge in [-0.25, -0.2) is 0 Å². The van der Waals surface area contributed by atoms with Crippen LogP contribution >= 0.6 is 0 Å². The minimum Gasteiger partial charge on any atom is -1.00 e. The third kappa shape index (κ3) is 6.55. The summed E-state index contributed by atoms with van der Waals surface area (Å²) >= 11 is 0. The van der Waals surface area contributed by atoms with Crippen molar-refractivity contribution in [3.63, 3.8) is 0 Å². The number of benzene rings is 2. The van der Waals surface area contributed by atoms with E-state index in [1.54, 1.807) is 12.1 Å². The van der Waals surface area contributed by atoms with Crippen molar-refractivity contribution >= 4 is 35.3 Å². The van der Waals surface area contributed by atoms with Crippen LogP contribution in [0.1, 0.15) is 18.1 Å². The summed E-state index contributed by atoms with van der Waals surface area (Å²) in [5, 5.41) is 12.0. The molecule has 0 aromatic heterocycles. The van der Waals surface area contributed by atoms with Crippen LogP contribution in [-0.4, -0.2) is 23.9 Å². The van der Waals surface area contributed by atoms with Crippen molar-refractivity contribution in [1.29, 1.82) is 5.39 Å². The summed E-state index contributed by atoms with van der Waals surface area (Å²) in [4.78, 5) is 3.13. The maximum atomic E-state index is 8.61. The molecular weight excluding hydrogens is 412 g/mol. The Bertz CT molecular complexity index is 568. The SMILES string of the molecule is CCc1ccccc1CNc1ccc([N+]#N)cc1.[Cl-].[Cl-].[Sn+4]. The van der Waals surface area contributed by atoms with E-state index in [-0.39, 0.29) is 48.7 Å². The van der Waals surface area contributed by atoms with Gasteiger partial charge in [-0.05, 0) is 29.7 Å². The molecule has 0 unspecified atom stereocenters. The number of hydrogen-bond donors (Lipinski definition) is 1. The number of anilines is 1. The van der Waals surface area contributed by atoms with Crippen molar-refractivity contribution in [2.75, 3.05) is 5.32 Å². The summed E-state index contributed by atoms with van der Waals surface area (Å²) in [6.07, 6.45) is 1.04. The topological polar surface area (TPSA) is 40.2 Å². The Morgan fingerprint density at radius 3 is 2.05 bits per heavy atom. The summed E-state index contributed by atoms with van der Waals surface area (Å²) in [6, 6.07) is 15.8. The van der Waals surface area contributed by atoms with Gasteiger partial charge in [-0.1, -0.05) is 31.2 Å². The van der Waals surface area contributed by atoms with Crippen LogP contribution in [0, 0.1) is 5.39 Å². The number of diazo groups is 1. The monoisotopic (exact) mass is 428 g/mol. The number of hydrogen-bond acceptors (Lipinski definition) is 2. The maximum absolute atomic E-state index is 8.61. The van der Waals surface area contributed by atoms with Crippen LogP contribution in [0.4, 0.5) is 11.4 Å². The average molecular weight is 428 g/mol. The van der Waals surface area contributed by atoms with Gasteiger partial charge in [0.2, 0.25) is 5.39 Å². The zero-order valence-electron chi connectivity index (χ0n) is 11.7. The standard InChI is InChI=1S/C15H16N3.2ClH.Sn/c1-2-12-5-3-4-6-13(12)11-17-14-7-9-15(18-16)10-8-14;;;/h3-10,17H,2,11H2,1H3;2*1H;/q+1;;;+4/p-2. The van der Waals surface area contributed by atoms with Crippen molar-refractivity contribution in [3.8, 4) is 0 Å². The minimum absolute atomic E-state index is 0. The molecule has 21 heavy (non-hydrogen) atoms. The number of halogens is 2. The molecule has 106 valence electrons. The van der Waals surface area contributed by atoms with Crippen molar-refractivity contribution < 1.29 is 24.8 Å². The molecule has 0 radical (unpaired) electrons. The molecule has 0 aliphatic carbocycles. The van der Waals surface area contributed by atoms with E-state index >= 15 is 0 Å². The van der Waals surface area contributed by atoms with E-state index in [2.05, 4.69) is 41.5 Å². The van der Waals surface area contributed by atoms with Gasteiger partial charge < -0.3 is 30.1 Å². The zero-order valence-corrected chi connectivity index (χ0v) is 16.0. The predicted octanol–water partition coefficient (Wildman–Crippen LogP) is -2.03. The van der Waals surface area contributed by atoms with Crippen LogP contribution in [0.25, 0.3) is 4.98 Å². The average Bonchev–Trinajstić information content (AvgIpc) is 2.46. The fraction of sp³-hybridized carbons (Fsp3) is 0.200. The Morgan fingerprint density at radius 1 is 0.952 bits per heavy atom. The van der Waals surface area contributed by atoms with Crippen molar-refractivity contribution in [1.82, 2.24) is 0 Å². The molecular formula is C15H16Cl2N3Sn+3. The van der Waals surface area contributed by atoms with Crippen molar-refractivity contribution in [2.45, 2.75) is 19.9 Å². The third-order valence-corrected chi connectivity index (χ3v) is 2.97. The van der Waals surface area contributed by atoms with Crippen LogP contribution in [0.3, 0.4) is 0 Å². The second kappa shape index (κ2) is 11.7. The quantitative estimate of drug-likeness (QED) is 0.452. The van der Waals surface area contributed by atoms with E-state index in [1.807, 2.05) is 12.1 Å². The van der Waals surface area contributed by atoms with Crippen molar-refractivity contribution in [2.24, 2.45) is 0 Å². The maximum Gasteiger partial charge on any atom is 4.00 e. The molecule has 0 aliphatic rings. The molecule has 2 aromatic carbocycles. The first kappa shape index (κ1) is 22.3. The summed E-state index contributed by atoms with van der Waals surface area (Å²) in [5.41, 5.74) is 4.27. The molecule has 0 fully saturated rings.